The number of nitrogens with one attached hydrogen (secondary N) is 1. The molecular formula is C23H29FN4O. The van der Waals surface area contributed by atoms with Crippen LogP contribution in [0.15, 0.2) is 48.5 Å². The Morgan fingerprint density at radius 3 is 2.48 bits per heavy atom. The van der Waals surface area contributed by atoms with Crippen LogP contribution in [0.1, 0.15) is 20.3 Å². The molecule has 0 aliphatic carbocycles. The fraction of sp³-hybridized carbons (Fsp3) is 0.435. The molecule has 0 bridgehead atoms. The van der Waals surface area contributed by atoms with Gasteiger partial charge in [-0.25, -0.2) is 9.18 Å². The highest BCUT2D eigenvalue weighted by Gasteiger charge is 2.29. The molecule has 2 aliphatic heterocycles. The van der Waals surface area contributed by atoms with Crippen LogP contribution in [0.25, 0.3) is 0 Å². The van der Waals surface area contributed by atoms with E-state index in [-0.39, 0.29) is 11.8 Å². The van der Waals surface area contributed by atoms with Crippen molar-refractivity contribution in [1.82, 2.24) is 10.2 Å². The number of halogens is 1. The van der Waals surface area contributed by atoms with Crippen LogP contribution in [0.4, 0.5) is 26.2 Å². The van der Waals surface area contributed by atoms with Gasteiger partial charge in [-0.15, -0.1) is 0 Å². The molecule has 1 fully saturated rings. The summed E-state index contributed by atoms with van der Waals surface area (Å²) in [5.74, 6) is 0.264. The van der Waals surface area contributed by atoms with Gasteiger partial charge in [0.15, 0.2) is 0 Å². The number of amides is 2. The lowest BCUT2D eigenvalue weighted by Gasteiger charge is -2.37. The molecule has 1 saturated heterocycles. The minimum absolute atomic E-state index is 0.0424. The molecule has 2 aromatic rings. The predicted octanol–water partition coefficient (Wildman–Crippen LogP) is 4.22. The van der Waals surface area contributed by atoms with E-state index in [0.717, 1.165) is 36.6 Å². The highest BCUT2D eigenvalue weighted by atomic mass is 19.1. The molecule has 0 radical (unpaired) electrons. The number of hydrogen-bond donors (Lipinski definition) is 1. The quantitative estimate of drug-likeness (QED) is 0.841. The first-order valence-electron chi connectivity index (χ1n) is 10.4. The average Bonchev–Trinajstić information content (AvgIpc) is 3.21. The molecule has 1 unspecified atom stereocenters. The number of nitrogens with zero attached hydrogens (tertiary/aromatic N) is 3. The minimum atomic E-state index is -0.247. The van der Waals surface area contributed by atoms with Crippen molar-refractivity contribution in [3.63, 3.8) is 0 Å². The van der Waals surface area contributed by atoms with Crippen LogP contribution >= 0.6 is 0 Å². The van der Waals surface area contributed by atoms with E-state index in [2.05, 4.69) is 29.0 Å². The van der Waals surface area contributed by atoms with Gasteiger partial charge < -0.3 is 15.1 Å². The van der Waals surface area contributed by atoms with E-state index < -0.39 is 0 Å². The Morgan fingerprint density at radius 2 is 1.79 bits per heavy atom. The van der Waals surface area contributed by atoms with Gasteiger partial charge in [0.2, 0.25) is 0 Å². The Bertz CT molecular complexity index is 854. The summed E-state index contributed by atoms with van der Waals surface area (Å²) in [6.45, 7) is 8.56. The van der Waals surface area contributed by atoms with Gasteiger partial charge in [0, 0.05) is 37.9 Å². The third-order valence-corrected chi connectivity index (χ3v) is 5.98. The Kier molecular flexibility index (Phi) is 5.72. The van der Waals surface area contributed by atoms with Gasteiger partial charge in [-0.2, -0.15) is 0 Å². The molecule has 2 aliphatic rings. The maximum atomic E-state index is 13.3. The van der Waals surface area contributed by atoms with E-state index in [1.54, 1.807) is 12.1 Å². The molecule has 0 saturated carbocycles. The van der Waals surface area contributed by atoms with Crippen molar-refractivity contribution in [2.24, 2.45) is 5.92 Å². The van der Waals surface area contributed by atoms with E-state index >= 15 is 0 Å². The number of likely N-dealkylation sites (tertiary alicyclic amines) is 1. The summed E-state index contributed by atoms with van der Waals surface area (Å²) in [4.78, 5) is 19.4. The maximum absolute atomic E-state index is 13.3. The summed E-state index contributed by atoms with van der Waals surface area (Å²) in [5, 5.41) is 3.15. The molecule has 29 heavy (non-hydrogen) atoms. The summed E-state index contributed by atoms with van der Waals surface area (Å²) in [6.07, 6.45) is 1.13. The molecule has 6 heteroatoms. The number of anilines is 3. The predicted molar refractivity (Wildman–Crippen MR) is 115 cm³/mol. The van der Waals surface area contributed by atoms with Crippen molar-refractivity contribution in [3.8, 4) is 0 Å². The third kappa shape index (κ3) is 4.22. The summed E-state index contributed by atoms with van der Waals surface area (Å²) < 4.78 is 13.3. The number of rotatable bonds is 4. The first-order chi connectivity index (χ1) is 14.0. The number of fused-ring (bicyclic) bond motifs is 1. The van der Waals surface area contributed by atoms with Crippen molar-refractivity contribution in [2.75, 3.05) is 42.5 Å². The monoisotopic (exact) mass is 396 g/mol. The molecule has 0 spiro atoms. The van der Waals surface area contributed by atoms with Crippen LogP contribution in [-0.4, -0.2) is 49.7 Å². The molecule has 2 aromatic carbocycles. The molecule has 2 amide bonds. The van der Waals surface area contributed by atoms with E-state index in [4.69, 9.17) is 0 Å². The Morgan fingerprint density at radius 1 is 1.07 bits per heavy atom. The van der Waals surface area contributed by atoms with Gasteiger partial charge in [-0.3, -0.25) is 4.90 Å². The second-order valence-electron chi connectivity index (χ2n) is 8.20. The fourth-order valence-corrected chi connectivity index (χ4v) is 4.29. The highest BCUT2D eigenvalue weighted by molar-refractivity contribution is 5.97. The smallest absolute Gasteiger partial charge is 0.322 e. The van der Waals surface area contributed by atoms with Crippen molar-refractivity contribution in [2.45, 2.75) is 26.3 Å². The second kappa shape index (κ2) is 8.41. The molecule has 2 heterocycles. The molecule has 5 nitrogen and oxygen atoms in total. The topological polar surface area (TPSA) is 38.8 Å². The lowest BCUT2D eigenvalue weighted by atomic mass is 10.1. The fourth-order valence-electron chi connectivity index (χ4n) is 4.29. The van der Waals surface area contributed by atoms with E-state index in [9.17, 15) is 9.18 Å². The standard InChI is InChI=1S/C23H29FN4O/c1-17(2)26-12-11-18(16-26)15-25-23(29)28-14-13-27(20-9-7-19(24)8-10-20)21-5-3-4-6-22(21)28/h3-10,17-18H,11-16H2,1-2H3,(H,25,29). The minimum Gasteiger partial charge on any atom is -0.338 e. The number of urea groups is 1. The van der Waals surface area contributed by atoms with Crippen LogP contribution in [-0.2, 0) is 0 Å². The zero-order valence-corrected chi connectivity index (χ0v) is 17.1. The van der Waals surface area contributed by atoms with E-state index in [0.29, 0.717) is 31.6 Å². The van der Waals surface area contributed by atoms with Gasteiger partial charge in [-0.05, 0) is 69.1 Å². The third-order valence-electron chi connectivity index (χ3n) is 5.98. The lowest BCUT2D eigenvalue weighted by molar-refractivity contribution is 0.242. The molecule has 1 N–H and O–H groups in total. The number of para-hydroxylation sites is 2. The second-order valence-corrected chi connectivity index (χ2v) is 8.20. The first-order valence-corrected chi connectivity index (χ1v) is 10.4. The molecule has 4 rings (SSSR count). The number of carbonyl (C=O) groups excluding carboxylic acids is 1. The van der Waals surface area contributed by atoms with Crippen LogP contribution in [0.3, 0.4) is 0 Å². The van der Waals surface area contributed by atoms with Gasteiger partial charge in [0.05, 0.1) is 11.4 Å². The number of carbonyl (C=O) groups is 1. The van der Waals surface area contributed by atoms with Gasteiger partial charge >= 0.3 is 6.03 Å². The van der Waals surface area contributed by atoms with Crippen LogP contribution in [0.2, 0.25) is 0 Å². The largest absolute Gasteiger partial charge is 0.338 e. The Balaban J connectivity index is 1.45. The van der Waals surface area contributed by atoms with Gasteiger partial charge in [0.25, 0.3) is 0 Å². The van der Waals surface area contributed by atoms with Gasteiger partial charge in [0.1, 0.15) is 5.82 Å². The summed E-state index contributed by atoms with van der Waals surface area (Å²) in [5.41, 5.74) is 2.78. The Labute approximate surface area is 172 Å². The summed E-state index contributed by atoms with van der Waals surface area (Å²) in [7, 11) is 0. The zero-order valence-electron chi connectivity index (χ0n) is 17.1. The summed E-state index contributed by atoms with van der Waals surface area (Å²) >= 11 is 0. The van der Waals surface area contributed by atoms with Crippen molar-refractivity contribution >= 4 is 23.1 Å². The Hall–Kier alpha value is -2.60. The highest BCUT2D eigenvalue weighted by Crippen LogP contribution is 2.37. The molecule has 0 aromatic heterocycles. The number of hydrogen-bond acceptors (Lipinski definition) is 3. The van der Waals surface area contributed by atoms with Crippen LogP contribution < -0.4 is 15.1 Å². The van der Waals surface area contributed by atoms with Crippen molar-refractivity contribution < 1.29 is 9.18 Å². The van der Waals surface area contributed by atoms with Crippen LogP contribution in [0, 0.1) is 11.7 Å². The summed E-state index contributed by atoms with van der Waals surface area (Å²) in [6, 6.07) is 14.9. The van der Waals surface area contributed by atoms with Crippen LogP contribution in [0.5, 0.6) is 0 Å². The first kappa shape index (κ1) is 19.7. The maximum Gasteiger partial charge on any atom is 0.322 e. The van der Waals surface area contributed by atoms with E-state index in [1.807, 2.05) is 29.2 Å². The van der Waals surface area contributed by atoms with Gasteiger partial charge in [-0.1, -0.05) is 12.1 Å². The van der Waals surface area contributed by atoms with Crippen molar-refractivity contribution in [3.05, 3.63) is 54.3 Å². The SMILES string of the molecule is CC(C)N1CCC(CNC(=O)N2CCN(c3ccc(F)cc3)c3ccccc32)C1. The molecular weight excluding hydrogens is 367 g/mol. The molecule has 154 valence electrons. The normalized spacial score (nSPS) is 19.5. The lowest BCUT2D eigenvalue weighted by Crippen LogP contribution is -2.48. The average molecular weight is 397 g/mol. The molecule has 1 atom stereocenters. The van der Waals surface area contributed by atoms with E-state index in [1.165, 1.54) is 12.1 Å². The zero-order chi connectivity index (χ0) is 20.4. The van der Waals surface area contributed by atoms with Crippen molar-refractivity contribution in [1.29, 1.82) is 0 Å². The number of benzene rings is 2.